The minimum Gasteiger partial charge on any atom is -0.481 e. The first-order valence-electron chi connectivity index (χ1n) is 12.3. The summed E-state index contributed by atoms with van der Waals surface area (Å²) in [5.41, 5.74) is 1.76. The number of aryl methyl sites for hydroxylation is 2. The van der Waals surface area contributed by atoms with Crippen LogP contribution in [0.1, 0.15) is 42.7 Å². The maximum Gasteiger partial charge on any atom is 0.422 e. The Balaban J connectivity index is 1.37. The minimum absolute atomic E-state index is 0.0969. The zero-order chi connectivity index (χ0) is 26.4. The van der Waals surface area contributed by atoms with E-state index < -0.39 is 30.6 Å². The fourth-order valence-electron chi connectivity index (χ4n) is 4.12. The van der Waals surface area contributed by atoms with Crippen molar-refractivity contribution in [3.8, 4) is 5.75 Å². The molecule has 3 aromatic carbocycles. The van der Waals surface area contributed by atoms with Crippen LogP contribution in [0.4, 0.5) is 22.0 Å². The average Bonchev–Trinajstić information content (AvgIpc) is 2.87. The highest BCUT2D eigenvalue weighted by atomic mass is 19.4. The number of ether oxygens (including phenoxy) is 4. The Morgan fingerprint density at radius 3 is 2.43 bits per heavy atom. The van der Waals surface area contributed by atoms with Gasteiger partial charge in [-0.2, -0.15) is 13.2 Å². The van der Waals surface area contributed by atoms with Gasteiger partial charge >= 0.3 is 6.18 Å². The maximum atomic E-state index is 15.2. The van der Waals surface area contributed by atoms with E-state index in [0.717, 1.165) is 30.5 Å². The smallest absolute Gasteiger partial charge is 0.422 e. The standard InChI is InChI=1S/C28H29F5O4/c1-2-3-12-34-22-15-35-27(36-16-22)21-9-10-23-20(14-21)8-7-19(26(23)30)6-4-18-5-11-25(24(29)13-18)37-17-28(31,32)33/h5,7-11,13-14,22,27H,2-4,6,12,15-17H2,1H3. The van der Waals surface area contributed by atoms with Crippen molar-refractivity contribution in [2.24, 2.45) is 0 Å². The summed E-state index contributed by atoms with van der Waals surface area (Å²) < 4.78 is 88.0. The Morgan fingerprint density at radius 2 is 1.73 bits per heavy atom. The summed E-state index contributed by atoms with van der Waals surface area (Å²) in [4.78, 5) is 0. The lowest BCUT2D eigenvalue weighted by molar-refractivity contribution is -0.230. The number of unbranched alkanes of at least 4 members (excludes halogenated alkanes) is 1. The predicted octanol–water partition coefficient (Wildman–Crippen LogP) is 7.08. The second kappa shape index (κ2) is 12.2. The van der Waals surface area contributed by atoms with E-state index >= 15 is 4.39 Å². The van der Waals surface area contributed by atoms with Crippen molar-refractivity contribution in [2.75, 3.05) is 26.4 Å². The van der Waals surface area contributed by atoms with E-state index in [1.807, 2.05) is 12.1 Å². The van der Waals surface area contributed by atoms with Gasteiger partial charge in [0.1, 0.15) is 11.9 Å². The lowest BCUT2D eigenvalue weighted by Gasteiger charge is -2.29. The van der Waals surface area contributed by atoms with E-state index in [4.69, 9.17) is 14.2 Å². The number of benzene rings is 3. The molecule has 0 aliphatic carbocycles. The lowest BCUT2D eigenvalue weighted by atomic mass is 9.99. The zero-order valence-electron chi connectivity index (χ0n) is 20.5. The van der Waals surface area contributed by atoms with Crippen molar-refractivity contribution in [2.45, 2.75) is 51.2 Å². The summed E-state index contributed by atoms with van der Waals surface area (Å²) in [6, 6.07) is 12.5. The molecule has 0 bridgehead atoms. The van der Waals surface area contributed by atoms with Crippen molar-refractivity contribution < 1.29 is 40.9 Å². The van der Waals surface area contributed by atoms with Crippen LogP contribution in [0.3, 0.4) is 0 Å². The van der Waals surface area contributed by atoms with Crippen LogP contribution >= 0.6 is 0 Å². The molecule has 0 spiro atoms. The molecule has 1 heterocycles. The van der Waals surface area contributed by atoms with E-state index in [9.17, 15) is 17.6 Å². The molecule has 0 unspecified atom stereocenters. The highest BCUT2D eigenvalue weighted by Crippen LogP contribution is 2.30. The van der Waals surface area contributed by atoms with Gasteiger partial charge in [0, 0.05) is 17.6 Å². The maximum absolute atomic E-state index is 15.2. The third-order valence-corrected chi connectivity index (χ3v) is 6.12. The molecular formula is C28H29F5O4. The van der Waals surface area contributed by atoms with Gasteiger partial charge in [0.25, 0.3) is 0 Å². The summed E-state index contributed by atoms with van der Waals surface area (Å²) in [6.07, 6.45) is -2.55. The number of alkyl halides is 3. The van der Waals surface area contributed by atoms with Crippen molar-refractivity contribution in [3.05, 3.63) is 76.9 Å². The van der Waals surface area contributed by atoms with Crippen LogP contribution in [-0.2, 0) is 27.1 Å². The summed E-state index contributed by atoms with van der Waals surface area (Å²) in [5, 5.41) is 1.14. The van der Waals surface area contributed by atoms with Crippen molar-refractivity contribution in [1.29, 1.82) is 0 Å². The second-order valence-electron chi connectivity index (χ2n) is 9.03. The monoisotopic (exact) mass is 524 g/mol. The molecule has 1 aliphatic heterocycles. The van der Waals surface area contributed by atoms with Crippen LogP contribution in [0.25, 0.3) is 10.8 Å². The Hall–Kier alpha value is -2.75. The predicted molar refractivity (Wildman–Crippen MR) is 129 cm³/mol. The fraction of sp³-hybridized carbons (Fsp3) is 0.429. The highest BCUT2D eigenvalue weighted by Gasteiger charge is 2.29. The molecule has 1 aliphatic rings. The van der Waals surface area contributed by atoms with Gasteiger partial charge in [0.05, 0.1) is 13.2 Å². The quantitative estimate of drug-likeness (QED) is 0.210. The van der Waals surface area contributed by atoms with Crippen LogP contribution in [-0.4, -0.2) is 38.7 Å². The van der Waals surface area contributed by atoms with Gasteiger partial charge in [-0.1, -0.05) is 43.7 Å². The summed E-state index contributed by atoms with van der Waals surface area (Å²) >= 11 is 0. The van der Waals surface area contributed by atoms with E-state index in [2.05, 4.69) is 11.7 Å². The molecule has 0 saturated carbocycles. The van der Waals surface area contributed by atoms with Gasteiger partial charge in [-0.15, -0.1) is 0 Å². The SMILES string of the molecule is CCCCOC1COC(c2ccc3c(F)c(CCc4ccc(OCC(F)(F)F)c(F)c4)ccc3c2)OC1. The molecule has 37 heavy (non-hydrogen) atoms. The molecule has 4 nitrogen and oxygen atoms in total. The number of halogens is 5. The Bertz CT molecular complexity index is 1190. The first-order valence-corrected chi connectivity index (χ1v) is 12.3. The molecule has 1 saturated heterocycles. The molecule has 0 radical (unpaired) electrons. The Labute approximate surface area is 212 Å². The van der Waals surface area contributed by atoms with E-state index in [-0.39, 0.29) is 11.9 Å². The molecule has 0 aromatic heterocycles. The Morgan fingerprint density at radius 1 is 0.946 bits per heavy atom. The second-order valence-corrected chi connectivity index (χ2v) is 9.03. The summed E-state index contributed by atoms with van der Waals surface area (Å²) in [7, 11) is 0. The third kappa shape index (κ3) is 7.40. The largest absolute Gasteiger partial charge is 0.481 e. The molecule has 0 N–H and O–H groups in total. The Kier molecular flexibility index (Phi) is 9.00. The molecule has 0 amide bonds. The van der Waals surface area contributed by atoms with E-state index in [0.29, 0.717) is 54.6 Å². The molecule has 0 atom stereocenters. The highest BCUT2D eigenvalue weighted by molar-refractivity contribution is 5.84. The van der Waals surface area contributed by atoms with E-state index in [1.165, 1.54) is 6.07 Å². The summed E-state index contributed by atoms with van der Waals surface area (Å²) in [5.74, 6) is -1.73. The first-order chi connectivity index (χ1) is 17.7. The fourth-order valence-corrected chi connectivity index (χ4v) is 4.12. The van der Waals surface area contributed by atoms with Crippen LogP contribution in [0.5, 0.6) is 5.75 Å². The molecule has 200 valence electrons. The van der Waals surface area contributed by atoms with Crippen LogP contribution in [0.2, 0.25) is 0 Å². The van der Waals surface area contributed by atoms with Crippen molar-refractivity contribution >= 4 is 10.8 Å². The number of hydrogen-bond donors (Lipinski definition) is 0. The lowest BCUT2D eigenvalue weighted by Crippen LogP contribution is -2.33. The normalized spacial score (nSPS) is 18.3. The van der Waals surface area contributed by atoms with E-state index in [1.54, 1.807) is 18.2 Å². The number of rotatable bonds is 10. The van der Waals surface area contributed by atoms with Crippen LogP contribution in [0.15, 0.2) is 48.5 Å². The van der Waals surface area contributed by atoms with Crippen LogP contribution in [0, 0.1) is 11.6 Å². The topological polar surface area (TPSA) is 36.9 Å². The molecule has 3 aromatic rings. The summed E-state index contributed by atoms with van der Waals surface area (Å²) in [6.45, 7) is 2.06. The molecule has 9 heteroatoms. The molecule has 1 fully saturated rings. The van der Waals surface area contributed by atoms with Gasteiger partial charge in [-0.25, -0.2) is 8.78 Å². The van der Waals surface area contributed by atoms with Crippen molar-refractivity contribution in [1.82, 2.24) is 0 Å². The van der Waals surface area contributed by atoms with Crippen LogP contribution < -0.4 is 4.74 Å². The number of hydrogen-bond acceptors (Lipinski definition) is 4. The minimum atomic E-state index is -4.55. The molecular weight excluding hydrogens is 495 g/mol. The van der Waals surface area contributed by atoms with Gasteiger partial charge in [-0.3, -0.25) is 0 Å². The average molecular weight is 525 g/mol. The van der Waals surface area contributed by atoms with Gasteiger partial charge in [0.2, 0.25) is 0 Å². The number of fused-ring (bicyclic) bond motifs is 1. The van der Waals surface area contributed by atoms with Gasteiger partial charge in [-0.05, 0) is 54.0 Å². The van der Waals surface area contributed by atoms with Crippen molar-refractivity contribution in [3.63, 3.8) is 0 Å². The van der Waals surface area contributed by atoms with Gasteiger partial charge in [0.15, 0.2) is 24.5 Å². The zero-order valence-corrected chi connectivity index (χ0v) is 20.5. The first kappa shape index (κ1) is 27.3. The third-order valence-electron chi connectivity index (χ3n) is 6.12. The molecule has 4 rings (SSSR count). The van der Waals surface area contributed by atoms with Gasteiger partial charge < -0.3 is 18.9 Å².